The molecule has 1 saturated heterocycles. The molecule has 3 rings (SSSR count). The molecule has 0 amide bonds. The number of rotatable bonds is 6. The van der Waals surface area contributed by atoms with Crippen molar-refractivity contribution in [3.8, 4) is 0 Å². The van der Waals surface area contributed by atoms with Gasteiger partial charge in [0.25, 0.3) is 0 Å². The Morgan fingerprint density at radius 1 is 1.30 bits per heavy atom. The Labute approximate surface area is 138 Å². The summed E-state index contributed by atoms with van der Waals surface area (Å²) in [5.74, 6) is 0. The summed E-state index contributed by atoms with van der Waals surface area (Å²) in [6.45, 7) is 7.80. The number of aromatic nitrogens is 2. The van der Waals surface area contributed by atoms with Gasteiger partial charge in [-0.15, -0.1) is 0 Å². The van der Waals surface area contributed by atoms with Gasteiger partial charge in [0.1, 0.15) is 0 Å². The lowest BCUT2D eigenvalue weighted by atomic mass is 10.1. The first-order chi connectivity index (χ1) is 11.3. The predicted molar refractivity (Wildman–Crippen MR) is 92.7 cm³/mol. The Morgan fingerprint density at radius 2 is 2.13 bits per heavy atom. The van der Waals surface area contributed by atoms with Crippen molar-refractivity contribution in [3.05, 3.63) is 48.3 Å². The Kier molecular flexibility index (Phi) is 5.31. The van der Waals surface area contributed by atoms with Crippen LogP contribution in [0.1, 0.15) is 18.6 Å². The lowest BCUT2D eigenvalue weighted by molar-refractivity contribution is -0.0289. The number of hydrogen-bond donors (Lipinski definition) is 0. The number of para-hydroxylation sites is 1. The molecule has 0 spiro atoms. The first kappa shape index (κ1) is 16.0. The van der Waals surface area contributed by atoms with Gasteiger partial charge >= 0.3 is 0 Å². The van der Waals surface area contributed by atoms with Gasteiger partial charge in [-0.2, -0.15) is 5.10 Å². The second kappa shape index (κ2) is 7.62. The van der Waals surface area contributed by atoms with Crippen LogP contribution in [0, 0.1) is 0 Å². The summed E-state index contributed by atoms with van der Waals surface area (Å²) < 4.78 is 7.89. The average molecular weight is 314 g/mol. The van der Waals surface area contributed by atoms with Crippen LogP contribution < -0.4 is 4.90 Å². The van der Waals surface area contributed by atoms with E-state index in [1.54, 1.807) is 0 Å². The molecule has 1 aliphatic rings. The molecule has 1 unspecified atom stereocenters. The Morgan fingerprint density at radius 3 is 2.87 bits per heavy atom. The smallest absolute Gasteiger partial charge is 0.0982 e. The number of hydrogen-bond acceptors (Lipinski definition) is 4. The molecule has 0 radical (unpaired) electrons. The van der Waals surface area contributed by atoms with E-state index in [9.17, 15) is 0 Å². The highest BCUT2D eigenvalue weighted by molar-refractivity contribution is 5.44. The van der Waals surface area contributed by atoms with Crippen molar-refractivity contribution in [3.63, 3.8) is 0 Å². The second-order valence-electron chi connectivity index (χ2n) is 6.05. The van der Waals surface area contributed by atoms with Gasteiger partial charge in [0, 0.05) is 57.2 Å². The first-order valence-electron chi connectivity index (χ1n) is 8.38. The maximum atomic E-state index is 5.93. The van der Waals surface area contributed by atoms with Gasteiger partial charge in [-0.25, -0.2) is 0 Å². The molecule has 0 N–H and O–H groups in total. The van der Waals surface area contributed by atoms with E-state index in [0.717, 1.165) is 39.3 Å². The SMILES string of the molecule is CCn1cc(C2CN(CCN(C)c3ccccc3)CCO2)cn1. The summed E-state index contributed by atoms with van der Waals surface area (Å²) in [5.41, 5.74) is 2.45. The molecule has 1 aliphatic heterocycles. The molecule has 0 saturated carbocycles. The quantitative estimate of drug-likeness (QED) is 0.820. The molecular formula is C18H26N4O. The zero-order valence-electron chi connectivity index (χ0n) is 14.1. The summed E-state index contributed by atoms with van der Waals surface area (Å²) in [5, 5.41) is 4.36. The van der Waals surface area contributed by atoms with Crippen LogP contribution in [-0.2, 0) is 11.3 Å². The highest BCUT2D eigenvalue weighted by Crippen LogP contribution is 2.21. The third-order valence-electron chi connectivity index (χ3n) is 4.45. The summed E-state index contributed by atoms with van der Waals surface area (Å²) in [4.78, 5) is 4.79. The van der Waals surface area contributed by atoms with Crippen molar-refractivity contribution < 1.29 is 4.74 Å². The van der Waals surface area contributed by atoms with E-state index in [2.05, 4.69) is 65.4 Å². The summed E-state index contributed by atoms with van der Waals surface area (Å²) in [6.07, 6.45) is 4.18. The lowest BCUT2D eigenvalue weighted by Gasteiger charge is -2.33. The van der Waals surface area contributed by atoms with E-state index >= 15 is 0 Å². The Balaban J connectivity index is 1.52. The number of ether oxygens (including phenoxy) is 1. The van der Waals surface area contributed by atoms with E-state index in [1.807, 2.05) is 10.9 Å². The summed E-state index contributed by atoms with van der Waals surface area (Å²) in [7, 11) is 2.15. The highest BCUT2D eigenvalue weighted by Gasteiger charge is 2.23. The van der Waals surface area contributed by atoms with Crippen molar-refractivity contribution in [1.29, 1.82) is 0 Å². The fraction of sp³-hybridized carbons (Fsp3) is 0.500. The number of anilines is 1. The molecule has 23 heavy (non-hydrogen) atoms. The zero-order valence-corrected chi connectivity index (χ0v) is 14.1. The fourth-order valence-electron chi connectivity index (χ4n) is 2.93. The van der Waals surface area contributed by atoms with Crippen molar-refractivity contribution in [2.24, 2.45) is 0 Å². The number of morpholine rings is 1. The number of nitrogens with zero attached hydrogens (tertiary/aromatic N) is 4. The Bertz CT molecular complexity index is 598. The third-order valence-corrected chi connectivity index (χ3v) is 4.45. The van der Waals surface area contributed by atoms with Crippen LogP contribution >= 0.6 is 0 Å². The molecule has 1 aromatic heterocycles. The minimum absolute atomic E-state index is 0.145. The molecule has 1 atom stereocenters. The van der Waals surface area contributed by atoms with E-state index in [0.29, 0.717) is 0 Å². The van der Waals surface area contributed by atoms with Crippen LogP contribution in [0.2, 0.25) is 0 Å². The van der Waals surface area contributed by atoms with Gasteiger partial charge < -0.3 is 9.64 Å². The molecule has 124 valence electrons. The molecule has 0 bridgehead atoms. The van der Waals surface area contributed by atoms with Crippen LogP contribution in [0.5, 0.6) is 0 Å². The maximum Gasteiger partial charge on any atom is 0.0982 e. The van der Waals surface area contributed by atoms with Crippen LogP contribution in [0.3, 0.4) is 0 Å². The minimum Gasteiger partial charge on any atom is -0.373 e. The van der Waals surface area contributed by atoms with Crippen LogP contribution in [0.4, 0.5) is 5.69 Å². The molecular weight excluding hydrogens is 288 g/mol. The third kappa shape index (κ3) is 4.12. The standard InChI is InChI=1S/C18H26N4O/c1-3-22-14-16(13-19-22)18-15-21(11-12-23-18)10-9-20(2)17-7-5-4-6-8-17/h4-8,13-14,18H,3,9-12,15H2,1-2H3. The summed E-state index contributed by atoms with van der Waals surface area (Å²) >= 11 is 0. The van der Waals surface area contributed by atoms with Crippen molar-refractivity contribution >= 4 is 5.69 Å². The van der Waals surface area contributed by atoms with Crippen LogP contribution in [0.25, 0.3) is 0 Å². The topological polar surface area (TPSA) is 33.5 Å². The first-order valence-corrected chi connectivity index (χ1v) is 8.38. The number of aryl methyl sites for hydroxylation is 1. The van der Waals surface area contributed by atoms with E-state index in [4.69, 9.17) is 4.74 Å². The molecule has 1 fully saturated rings. The normalized spacial score (nSPS) is 19.0. The largest absolute Gasteiger partial charge is 0.373 e. The zero-order chi connectivity index (χ0) is 16.1. The van der Waals surface area contributed by atoms with Gasteiger partial charge in [-0.3, -0.25) is 9.58 Å². The van der Waals surface area contributed by atoms with E-state index in [-0.39, 0.29) is 6.10 Å². The van der Waals surface area contributed by atoms with Crippen molar-refractivity contribution in [1.82, 2.24) is 14.7 Å². The number of likely N-dealkylation sites (N-methyl/N-ethyl adjacent to an activating group) is 1. The minimum atomic E-state index is 0.145. The molecule has 2 aromatic rings. The molecule has 5 heteroatoms. The lowest BCUT2D eigenvalue weighted by Crippen LogP contribution is -2.42. The van der Waals surface area contributed by atoms with Crippen molar-refractivity contribution in [2.45, 2.75) is 19.6 Å². The molecule has 5 nitrogen and oxygen atoms in total. The summed E-state index contributed by atoms with van der Waals surface area (Å²) in [6, 6.07) is 10.5. The van der Waals surface area contributed by atoms with Gasteiger partial charge in [-0.05, 0) is 19.1 Å². The van der Waals surface area contributed by atoms with Gasteiger partial charge in [-0.1, -0.05) is 18.2 Å². The fourth-order valence-corrected chi connectivity index (χ4v) is 2.93. The average Bonchev–Trinajstić information content (AvgIpc) is 3.10. The van der Waals surface area contributed by atoms with Gasteiger partial charge in [0.05, 0.1) is 18.9 Å². The van der Waals surface area contributed by atoms with Gasteiger partial charge in [0.2, 0.25) is 0 Å². The van der Waals surface area contributed by atoms with E-state index in [1.165, 1.54) is 11.3 Å². The Hall–Kier alpha value is -1.85. The van der Waals surface area contributed by atoms with Crippen LogP contribution in [-0.4, -0.2) is 54.5 Å². The molecule has 0 aliphatic carbocycles. The number of benzene rings is 1. The van der Waals surface area contributed by atoms with E-state index < -0.39 is 0 Å². The highest BCUT2D eigenvalue weighted by atomic mass is 16.5. The van der Waals surface area contributed by atoms with Gasteiger partial charge in [0.15, 0.2) is 0 Å². The molecule has 1 aromatic carbocycles. The maximum absolute atomic E-state index is 5.93. The predicted octanol–water partition coefficient (Wildman–Crippen LogP) is 2.41. The van der Waals surface area contributed by atoms with Crippen LogP contribution in [0.15, 0.2) is 42.7 Å². The second-order valence-corrected chi connectivity index (χ2v) is 6.05. The monoisotopic (exact) mass is 314 g/mol. The van der Waals surface area contributed by atoms with Crippen molar-refractivity contribution in [2.75, 3.05) is 44.7 Å². The molecule has 2 heterocycles.